The summed E-state index contributed by atoms with van der Waals surface area (Å²) < 4.78 is 12.8. The lowest BCUT2D eigenvalue weighted by Gasteiger charge is -2.09. The Morgan fingerprint density at radius 1 is 1.36 bits per heavy atom. The third-order valence-corrected chi connectivity index (χ3v) is 5.13. The zero-order chi connectivity index (χ0) is 17.8. The molecule has 0 spiro atoms. The van der Waals surface area contributed by atoms with Gasteiger partial charge in [0.15, 0.2) is 3.95 Å². The van der Waals surface area contributed by atoms with Crippen LogP contribution in [0.2, 0.25) is 0 Å². The first-order valence-corrected chi connectivity index (χ1v) is 8.74. The standard InChI is InChI=1S/C17H17N3O3S2/c1-22-13-7-3-2-5-11(13)9-19-16(21)14-15(18)20(17(24)25-14)10-12-6-4-8-23-12/h2-8H,9-10,18H2,1H3,(H,19,21). The number of anilines is 1. The molecule has 0 saturated heterocycles. The predicted molar refractivity (Wildman–Crippen MR) is 99.5 cm³/mol. The number of amides is 1. The maximum Gasteiger partial charge on any atom is 0.265 e. The van der Waals surface area contributed by atoms with E-state index in [0.717, 1.165) is 17.1 Å². The average Bonchev–Trinajstić information content (AvgIpc) is 3.23. The summed E-state index contributed by atoms with van der Waals surface area (Å²) in [6.07, 6.45) is 1.59. The number of nitrogen functional groups attached to an aromatic ring is 1. The lowest BCUT2D eigenvalue weighted by Crippen LogP contribution is -2.23. The third kappa shape index (κ3) is 3.75. The number of carbonyl (C=O) groups excluding carboxylic acids is 1. The van der Waals surface area contributed by atoms with E-state index in [4.69, 9.17) is 27.1 Å². The number of thiazole rings is 1. The van der Waals surface area contributed by atoms with Crippen molar-refractivity contribution >= 4 is 35.3 Å². The van der Waals surface area contributed by atoms with E-state index < -0.39 is 0 Å². The van der Waals surface area contributed by atoms with Crippen LogP contribution in [0.4, 0.5) is 5.82 Å². The second-order valence-corrected chi connectivity index (χ2v) is 6.89. The van der Waals surface area contributed by atoms with E-state index in [1.807, 2.05) is 30.3 Å². The fourth-order valence-corrected chi connectivity index (χ4v) is 3.63. The van der Waals surface area contributed by atoms with E-state index in [1.165, 1.54) is 11.3 Å². The highest BCUT2D eigenvalue weighted by atomic mass is 32.1. The molecule has 8 heteroatoms. The van der Waals surface area contributed by atoms with Crippen molar-refractivity contribution in [2.45, 2.75) is 13.1 Å². The van der Waals surface area contributed by atoms with Gasteiger partial charge in [0.05, 0.1) is 19.9 Å². The van der Waals surface area contributed by atoms with E-state index >= 15 is 0 Å². The van der Waals surface area contributed by atoms with Crippen molar-refractivity contribution in [1.82, 2.24) is 9.88 Å². The Bertz CT molecular complexity index is 929. The molecule has 3 rings (SSSR count). The van der Waals surface area contributed by atoms with Gasteiger partial charge in [0, 0.05) is 12.1 Å². The summed E-state index contributed by atoms with van der Waals surface area (Å²) >= 11 is 6.51. The first-order chi connectivity index (χ1) is 12.1. The number of hydrogen-bond donors (Lipinski definition) is 2. The minimum atomic E-state index is -0.266. The molecule has 0 aliphatic heterocycles. The number of aromatic nitrogens is 1. The number of nitrogens with two attached hydrogens (primary N) is 1. The van der Waals surface area contributed by atoms with Gasteiger partial charge in [-0.25, -0.2) is 0 Å². The van der Waals surface area contributed by atoms with Crippen LogP contribution in [-0.2, 0) is 13.1 Å². The molecule has 1 aromatic carbocycles. The van der Waals surface area contributed by atoms with Crippen molar-refractivity contribution < 1.29 is 13.9 Å². The zero-order valence-electron chi connectivity index (χ0n) is 13.5. The SMILES string of the molecule is COc1ccccc1CNC(=O)c1sc(=S)n(Cc2ccco2)c1N. The van der Waals surface area contributed by atoms with Gasteiger partial charge < -0.3 is 24.8 Å². The lowest BCUT2D eigenvalue weighted by molar-refractivity contribution is 0.0955. The van der Waals surface area contributed by atoms with Crippen LogP contribution in [0.25, 0.3) is 0 Å². The van der Waals surface area contributed by atoms with Gasteiger partial charge in [-0.15, -0.1) is 0 Å². The van der Waals surface area contributed by atoms with Crippen molar-refractivity contribution in [3.8, 4) is 5.75 Å². The molecule has 2 heterocycles. The van der Waals surface area contributed by atoms with Crippen LogP contribution in [0.5, 0.6) is 5.75 Å². The van der Waals surface area contributed by atoms with E-state index in [0.29, 0.717) is 27.7 Å². The lowest BCUT2D eigenvalue weighted by atomic mass is 10.2. The van der Waals surface area contributed by atoms with E-state index in [2.05, 4.69) is 5.32 Å². The van der Waals surface area contributed by atoms with Crippen LogP contribution < -0.4 is 15.8 Å². The highest BCUT2D eigenvalue weighted by Crippen LogP contribution is 2.24. The van der Waals surface area contributed by atoms with E-state index in [-0.39, 0.29) is 5.91 Å². The topological polar surface area (TPSA) is 82.4 Å². The fourth-order valence-electron chi connectivity index (χ4n) is 2.39. The maximum atomic E-state index is 12.5. The quantitative estimate of drug-likeness (QED) is 0.645. The van der Waals surface area contributed by atoms with Gasteiger partial charge in [-0.1, -0.05) is 29.5 Å². The molecule has 3 N–H and O–H groups in total. The number of hydrogen-bond acceptors (Lipinski definition) is 6. The highest BCUT2D eigenvalue weighted by Gasteiger charge is 2.18. The van der Waals surface area contributed by atoms with E-state index in [1.54, 1.807) is 24.0 Å². The van der Waals surface area contributed by atoms with Crippen molar-refractivity contribution in [3.05, 3.63) is 62.8 Å². The van der Waals surface area contributed by atoms with Crippen LogP contribution in [0, 0.1) is 3.95 Å². The number of rotatable bonds is 6. The van der Waals surface area contributed by atoms with Gasteiger partial charge >= 0.3 is 0 Å². The molecule has 0 saturated carbocycles. The predicted octanol–water partition coefficient (Wildman–Crippen LogP) is 3.44. The number of furan rings is 1. The molecule has 0 fully saturated rings. The number of nitrogens with zero attached hydrogens (tertiary/aromatic N) is 1. The molecule has 0 unspecified atom stereocenters. The number of benzene rings is 1. The molecule has 3 aromatic rings. The zero-order valence-corrected chi connectivity index (χ0v) is 15.2. The van der Waals surface area contributed by atoms with E-state index in [9.17, 15) is 4.79 Å². The molecule has 6 nitrogen and oxygen atoms in total. The Morgan fingerprint density at radius 3 is 2.88 bits per heavy atom. The Kier molecular flexibility index (Phi) is 5.20. The minimum Gasteiger partial charge on any atom is -0.496 e. The molecule has 1 amide bonds. The summed E-state index contributed by atoms with van der Waals surface area (Å²) in [4.78, 5) is 12.9. The summed E-state index contributed by atoms with van der Waals surface area (Å²) in [5.74, 6) is 1.52. The molecule has 0 radical (unpaired) electrons. The van der Waals surface area contributed by atoms with Crippen molar-refractivity contribution in [1.29, 1.82) is 0 Å². The summed E-state index contributed by atoms with van der Waals surface area (Å²) in [6.45, 7) is 0.735. The first kappa shape index (κ1) is 17.2. The Labute approximate surface area is 153 Å². The summed E-state index contributed by atoms with van der Waals surface area (Å²) in [7, 11) is 1.60. The molecule has 0 bridgehead atoms. The van der Waals surface area contributed by atoms with Gasteiger partial charge in [-0.2, -0.15) is 0 Å². The Balaban J connectivity index is 1.75. The van der Waals surface area contributed by atoms with Crippen LogP contribution in [-0.4, -0.2) is 17.6 Å². The number of ether oxygens (including phenoxy) is 1. The van der Waals surface area contributed by atoms with Gasteiger partial charge in [-0.3, -0.25) is 4.79 Å². The molecule has 25 heavy (non-hydrogen) atoms. The Morgan fingerprint density at radius 2 is 2.16 bits per heavy atom. The first-order valence-electron chi connectivity index (χ1n) is 7.51. The smallest absolute Gasteiger partial charge is 0.265 e. The maximum absolute atomic E-state index is 12.5. The Hall–Kier alpha value is -2.58. The molecular weight excluding hydrogens is 358 g/mol. The van der Waals surface area contributed by atoms with Crippen LogP contribution in [0.1, 0.15) is 21.0 Å². The minimum absolute atomic E-state index is 0.266. The number of para-hydroxylation sites is 1. The van der Waals surface area contributed by atoms with Gasteiger partial charge in [-0.05, 0) is 30.4 Å². The van der Waals surface area contributed by atoms with Crippen molar-refractivity contribution in [2.75, 3.05) is 12.8 Å². The molecule has 130 valence electrons. The van der Waals surface area contributed by atoms with Crippen molar-refractivity contribution in [2.24, 2.45) is 0 Å². The van der Waals surface area contributed by atoms with Crippen LogP contribution >= 0.6 is 23.6 Å². The fraction of sp³-hybridized carbons (Fsp3) is 0.176. The van der Waals surface area contributed by atoms with Gasteiger partial charge in [0.2, 0.25) is 0 Å². The third-order valence-electron chi connectivity index (χ3n) is 3.67. The molecular formula is C17H17N3O3S2. The second kappa shape index (κ2) is 7.54. The molecule has 0 atom stereocenters. The monoisotopic (exact) mass is 375 g/mol. The highest BCUT2D eigenvalue weighted by molar-refractivity contribution is 7.73. The molecule has 2 aromatic heterocycles. The number of carbonyl (C=O) groups is 1. The van der Waals surface area contributed by atoms with Gasteiger partial charge in [0.1, 0.15) is 22.2 Å². The van der Waals surface area contributed by atoms with Gasteiger partial charge in [0.25, 0.3) is 5.91 Å². The normalized spacial score (nSPS) is 10.6. The summed E-state index contributed by atoms with van der Waals surface area (Å²) in [6, 6.07) is 11.1. The summed E-state index contributed by atoms with van der Waals surface area (Å²) in [5.41, 5.74) is 7.01. The molecule has 0 aliphatic rings. The van der Waals surface area contributed by atoms with Crippen LogP contribution in [0.15, 0.2) is 47.1 Å². The summed E-state index contributed by atoms with van der Waals surface area (Å²) in [5, 5.41) is 2.86. The van der Waals surface area contributed by atoms with Crippen molar-refractivity contribution in [3.63, 3.8) is 0 Å². The molecule has 0 aliphatic carbocycles. The number of methoxy groups -OCH3 is 1. The average molecular weight is 375 g/mol. The second-order valence-electron chi connectivity index (χ2n) is 5.24. The van der Waals surface area contributed by atoms with Crippen LogP contribution in [0.3, 0.4) is 0 Å². The largest absolute Gasteiger partial charge is 0.496 e. The number of nitrogens with one attached hydrogen (secondary N) is 1.